The van der Waals surface area contributed by atoms with E-state index >= 15 is 0 Å². The summed E-state index contributed by atoms with van der Waals surface area (Å²) in [7, 11) is 1.72. The maximum atomic E-state index is 12.3. The fourth-order valence-electron chi connectivity index (χ4n) is 1.27. The normalized spacial score (nSPS) is 13.5. The summed E-state index contributed by atoms with van der Waals surface area (Å²) in [5, 5.41) is 9.10. The molecule has 1 unspecified atom stereocenters. The van der Waals surface area contributed by atoms with Gasteiger partial charge in [0.05, 0.1) is 11.7 Å². The van der Waals surface area contributed by atoms with Gasteiger partial charge in [-0.3, -0.25) is 0 Å². The van der Waals surface area contributed by atoms with Gasteiger partial charge in [-0.1, -0.05) is 0 Å². The van der Waals surface area contributed by atoms with E-state index in [1.54, 1.807) is 18.9 Å². The molecule has 1 aromatic heterocycles. The Morgan fingerprint density at radius 1 is 1.41 bits per heavy atom. The van der Waals surface area contributed by atoms with Crippen molar-refractivity contribution in [1.29, 1.82) is 0 Å². The van der Waals surface area contributed by atoms with Crippen LogP contribution in [0.15, 0.2) is 18.3 Å². The first-order chi connectivity index (χ1) is 7.80. The molecule has 1 aromatic rings. The second-order valence-electron chi connectivity index (χ2n) is 3.96. The van der Waals surface area contributed by atoms with Crippen LogP contribution in [0.4, 0.5) is 19.0 Å². The molecule has 0 aliphatic carbocycles. The molecule has 0 aromatic carbocycles. The molecule has 17 heavy (non-hydrogen) atoms. The van der Waals surface area contributed by atoms with E-state index in [9.17, 15) is 13.2 Å². The molecule has 1 rings (SSSR count). The van der Waals surface area contributed by atoms with Gasteiger partial charge >= 0.3 is 6.18 Å². The Morgan fingerprint density at radius 2 is 2.06 bits per heavy atom. The molecule has 0 saturated carbocycles. The van der Waals surface area contributed by atoms with Crippen LogP contribution in [-0.2, 0) is 6.18 Å². The van der Waals surface area contributed by atoms with Crippen molar-refractivity contribution in [3.05, 3.63) is 23.9 Å². The van der Waals surface area contributed by atoms with E-state index in [0.717, 1.165) is 12.3 Å². The van der Waals surface area contributed by atoms with Gasteiger partial charge in [-0.05, 0) is 25.5 Å². The minimum atomic E-state index is -4.36. The van der Waals surface area contributed by atoms with E-state index in [-0.39, 0.29) is 0 Å². The molecule has 0 spiro atoms. The maximum Gasteiger partial charge on any atom is 0.417 e. The minimum absolute atomic E-state index is 0.438. The van der Waals surface area contributed by atoms with Gasteiger partial charge in [0.2, 0.25) is 0 Å². The van der Waals surface area contributed by atoms with Gasteiger partial charge in [0, 0.05) is 19.8 Å². The van der Waals surface area contributed by atoms with Crippen molar-refractivity contribution in [3.8, 4) is 0 Å². The van der Waals surface area contributed by atoms with Gasteiger partial charge in [0.25, 0.3) is 0 Å². The smallest absolute Gasteiger partial charge is 0.393 e. The molecule has 6 heteroatoms. The molecule has 1 heterocycles. The van der Waals surface area contributed by atoms with Crippen LogP contribution in [0.5, 0.6) is 0 Å². The Morgan fingerprint density at radius 3 is 2.47 bits per heavy atom. The Labute approximate surface area is 97.9 Å². The lowest BCUT2D eigenvalue weighted by molar-refractivity contribution is -0.137. The first-order valence-electron chi connectivity index (χ1n) is 5.23. The average Bonchev–Trinajstić information content (AvgIpc) is 2.25. The average molecular weight is 248 g/mol. The van der Waals surface area contributed by atoms with Crippen molar-refractivity contribution < 1.29 is 18.3 Å². The number of halogens is 3. The number of rotatable bonds is 4. The Kier molecular flexibility index (Phi) is 4.34. The maximum absolute atomic E-state index is 12.3. The zero-order chi connectivity index (χ0) is 13.1. The van der Waals surface area contributed by atoms with E-state index < -0.39 is 17.8 Å². The summed E-state index contributed by atoms with van der Waals surface area (Å²) in [5.74, 6) is 0.457. The molecule has 1 N–H and O–H groups in total. The lowest BCUT2D eigenvalue weighted by atomic mass is 10.2. The largest absolute Gasteiger partial charge is 0.417 e. The number of hydrogen-bond acceptors (Lipinski definition) is 3. The Bertz CT molecular complexity index is 349. The van der Waals surface area contributed by atoms with Gasteiger partial charge < -0.3 is 10.0 Å². The third-order valence-corrected chi connectivity index (χ3v) is 2.35. The summed E-state index contributed by atoms with van der Waals surface area (Å²) in [5.41, 5.74) is -0.759. The molecule has 0 bridgehead atoms. The molecule has 0 fully saturated rings. The number of pyridine rings is 1. The topological polar surface area (TPSA) is 36.4 Å². The number of alkyl halides is 3. The summed E-state index contributed by atoms with van der Waals surface area (Å²) >= 11 is 0. The summed E-state index contributed by atoms with van der Waals surface area (Å²) in [6, 6.07) is 2.33. The highest BCUT2D eigenvalue weighted by atomic mass is 19.4. The SMILES string of the molecule is CC(O)CCN(C)c1ccc(C(F)(F)F)cn1. The van der Waals surface area contributed by atoms with Crippen molar-refractivity contribution in [3.63, 3.8) is 0 Å². The number of aliphatic hydroxyl groups excluding tert-OH is 1. The lowest BCUT2D eigenvalue weighted by Gasteiger charge is -2.19. The van der Waals surface area contributed by atoms with Gasteiger partial charge in [0.1, 0.15) is 5.82 Å². The predicted molar refractivity (Wildman–Crippen MR) is 58.8 cm³/mol. The summed E-state index contributed by atoms with van der Waals surface area (Å²) in [6.07, 6.45) is -3.44. The highest BCUT2D eigenvalue weighted by molar-refractivity contribution is 5.38. The number of nitrogens with zero attached hydrogens (tertiary/aromatic N) is 2. The van der Waals surface area contributed by atoms with Gasteiger partial charge in [-0.25, -0.2) is 4.98 Å². The number of anilines is 1. The van der Waals surface area contributed by atoms with Crippen molar-refractivity contribution in [2.45, 2.75) is 25.6 Å². The molecule has 0 saturated heterocycles. The highest BCUT2D eigenvalue weighted by Crippen LogP contribution is 2.29. The minimum Gasteiger partial charge on any atom is -0.393 e. The van der Waals surface area contributed by atoms with Crippen molar-refractivity contribution in [2.24, 2.45) is 0 Å². The molecule has 0 aliphatic heterocycles. The first-order valence-corrected chi connectivity index (χ1v) is 5.23. The lowest BCUT2D eigenvalue weighted by Crippen LogP contribution is -2.22. The molecule has 96 valence electrons. The van der Waals surface area contributed by atoms with Gasteiger partial charge in [0.15, 0.2) is 0 Å². The molecule has 0 aliphatic rings. The van der Waals surface area contributed by atoms with Crippen LogP contribution in [0.3, 0.4) is 0 Å². The first kappa shape index (κ1) is 13.8. The molecule has 0 radical (unpaired) electrons. The quantitative estimate of drug-likeness (QED) is 0.888. The van der Waals surface area contributed by atoms with Crippen LogP contribution < -0.4 is 4.90 Å². The number of hydrogen-bond donors (Lipinski definition) is 1. The Balaban J connectivity index is 2.67. The fraction of sp³-hybridized carbons (Fsp3) is 0.545. The van der Waals surface area contributed by atoms with Gasteiger partial charge in [-0.15, -0.1) is 0 Å². The third kappa shape index (κ3) is 4.22. The standard InChI is InChI=1S/C11H15F3N2O/c1-8(17)5-6-16(2)10-4-3-9(7-15-10)11(12,13)14/h3-4,7-8,17H,5-6H2,1-2H3. The molecular weight excluding hydrogens is 233 g/mol. The predicted octanol–water partition coefficient (Wildman–Crippen LogP) is 2.31. The second-order valence-corrected chi connectivity index (χ2v) is 3.96. The zero-order valence-electron chi connectivity index (χ0n) is 9.70. The summed E-state index contributed by atoms with van der Waals surface area (Å²) in [6.45, 7) is 2.20. The number of aromatic nitrogens is 1. The van der Waals surface area contributed by atoms with Crippen LogP contribution in [0, 0.1) is 0 Å². The van der Waals surface area contributed by atoms with Gasteiger partial charge in [-0.2, -0.15) is 13.2 Å². The fourth-order valence-corrected chi connectivity index (χ4v) is 1.27. The monoisotopic (exact) mass is 248 g/mol. The van der Waals surface area contributed by atoms with E-state index in [1.165, 1.54) is 6.07 Å². The Hall–Kier alpha value is -1.30. The van der Waals surface area contributed by atoms with Crippen LogP contribution in [0.25, 0.3) is 0 Å². The third-order valence-electron chi connectivity index (χ3n) is 2.35. The van der Waals surface area contributed by atoms with E-state index in [1.807, 2.05) is 0 Å². The highest BCUT2D eigenvalue weighted by Gasteiger charge is 2.30. The molecule has 1 atom stereocenters. The zero-order valence-corrected chi connectivity index (χ0v) is 9.70. The summed E-state index contributed by atoms with van der Waals surface area (Å²) < 4.78 is 36.9. The van der Waals surface area contributed by atoms with E-state index in [2.05, 4.69) is 4.98 Å². The van der Waals surface area contributed by atoms with Crippen LogP contribution in [0.2, 0.25) is 0 Å². The van der Waals surface area contributed by atoms with Crippen LogP contribution in [0.1, 0.15) is 18.9 Å². The summed E-state index contributed by atoms with van der Waals surface area (Å²) in [4.78, 5) is 5.45. The molecular formula is C11H15F3N2O. The van der Waals surface area contributed by atoms with Crippen LogP contribution in [-0.4, -0.2) is 29.8 Å². The molecule has 3 nitrogen and oxygen atoms in total. The van der Waals surface area contributed by atoms with E-state index in [4.69, 9.17) is 5.11 Å². The molecule has 0 amide bonds. The van der Waals surface area contributed by atoms with Crippen molar-refractivity contribution >= 4 is 5.82 Å². The number of aliphatic hydroxyl groups is 1. The van der Waals surface area contributed by atoms with Crippen LogP contribution >= 0.6 is 0 Å². The van der Waals surface area contributed by atoms with Crippen molar-refractivity contribution in [2.75, 3.05) is 18.5 Å². The van der Waals surface area contributed by atoms with Crippen molar-refractivity contribution in [1.82, 2.24) is 4.98 Å². The second kappa shape index (κ2) is 5.35. The van der Waals surface area contributed by atoms with E-state index in [0.29, 0.717) is 18.8 Å².